The number of rotatable bonds is 5. The predicted octanol–water partition coefficient (Wildman–Crippen LogP) is 1.40. The quantitative estimate of drug-likeness (QED) is 0.883. The van der Waals surface area contributed by atoms with Gasteiger partial charge in [0.1, 0.15) is 0 Å². The largest absolute Gasteiger partial charge is 0.347 e. The van der Waals surface area contributed by atoms with Crippen LogP contribution in [0.1, 0.15) is 37.8 Å². The first-order valence-electron chi connectivity index (χ1n) is 7.36. The van der Waals surface area contributed by atoms with Crippen LogP contribution in [0.4, 0.5) is 0 Å². The lowest BCUT2D eigenvalue weighted by molar-refractivity contribution is -0.137. The Hall–Kier alpha value is -1.49. The van der Waals surface area contributed by atoms with E-state index in [1.54, 1.807) is 23.5 Å². The number of hydrogen-bond donors (Lipinski definition) is 1. The summed E-state index contributed by atoms with van der Waals surface area (Å²) < 4.78 is 0. The van der Waals surface area contributed by atoms with Crippen LogP contribution in [0.2, 0.25) is 0 Å². The van der Waals surface area contributed by atoms with E-state index < -0.39 is 0 Å². The summed E-state index contributed by atoms with van der Waals surface area (Å²) in [7, 11) is 3.67. The molecule has 2 heterocycles. The van der Waals surface area contributed by atoms with E-state index in [1.165, 1.54) is 0 Å². The van der Waals surface area contributed by atoms with Gasteiger partial charge in [-0.15, -0.1) is 0 Å². The van der Waals surface area contributed by atoms with Crippen LogP contribution >= 0.6 is 0 Å². The fraction of sp³-hybridized carbons (Fsp3) is 0.667. The number of carbonyl (C=O) groups is 1. The molecule has 0 saturated carbocycles. The standard InChI is InChI=1S/C15H24N4O/c1-19(2)14(20)15(7-3-4-9-18-15)8-5-6-13-12-16-10-11-17-13/h10-12,18H,3-9H2,1-2H3/t15-/m0/s1. The average molecular weight is 276 g/mol. The molecule has 0 spiro atoms. The van der Waals surface area contributed by atoms with Crippen molar-refractivity contribution in [1.82, 2.24) is 20.2 Å². The molecule has 1 amide bonds. The van der Waals surface area contributed by atoms with Crippen molar-refractivity contribution in [2.45, 2.75) is 44.1 Å². The summed E-state index contributed by atoms with van der Waals surface area (Å²) in [6, 6.07) is 0. The van der Waals surface area contributed by atoms with Gasteiger partial charge >= 0.3 is 0 Å². The van der Waals surface area contributed by atoms with E-state index in [4.69, 9.17) is 0 Å². The van der Waals surface area contributed by atoms with Gasteiger partial charge in [-0.25, -0.2) is 0 Å². The Bertz CT molecular complexity index is 427. The molecule has 110 valence electrons. The highest BCUT2D eigenvalue weighted by molar-refractivity contribution is 5.86. The zero-order valence-electron chi connectivity index (χ0n) is 12.4. The highest BCUT2D eigenvalue weighted by Crippen LogP contribution is 2.26. The molecular weight excluding hydrogens is 252 g/mol. The molecule has 0 radical (unpaired) electrons. The van der Waals surface area contributed by atoms with Gasteiger partial charge in [0.25, 0.3) is 0 Å². The van der Waals surface area contributed by atoms with Crippen LogP contribution in [0.15, 0.2) is 18.6 Å². The van der Waals surface area contributed by atoms with Crippen LogP contribution in [0.5, 0.6) is 0 Å². The van der Waals surface area contributed by atoms with Crippen molar-refractivity contribution in [3.63, 3.8) is 0 Å². The van der Waals surface area contributed by atoms with E-state index in [0.717, 1.165) is 50.8 Å². The highest BCUT2D eigenvalue weighted by Gasteiger charge is 2.39. The third-order valence-corrected chi connectivity index (χ3v) is 3.96. The van der Waals surface area contributed by atoms with Crippen LogP contribution in [0.25, 0.3) is 0 Å². The van der Waals surface area contributed by atoms with Crippen LogP contribution in [-0.4, -0.2) is 47.0 Å². The van der Waals surface area contributed by atoms with E-state index in [2.05, 4.69) is 15.3 Å². The number of aromatic nitrogens is 2. The number of likely N-dealkylation sites (N-methyl/N-ethyl adjacent to an activating group) is 1. The second-order valence-electron chi connectivity index (χ2n) is 5.72. The predicted molar refractivity (Wildman–Crippen MR) is 78.2 cm³/mol. The lowest BCUT2D eigenvalue weighted by Gasteiger charge is -2.39. The Morgan fingerprint density at radius 3 is 2.85 bits per heavy atom. The van der Waals surface area contributed by atoms with E-state index in [1.807, 2.05) is 14.1 Å². The van der Waals surface area contributed by atoms with E-state index in [-0.39, 0.29) is 11.4 Å². The Labute approximate surface area is 120 Å². The highest BCUT2D eigenvalue weighted by atomic mass is 16.2. The van der Waals surface area contributed by atoms with Crippen molar-refractivity contribution in [2.75, 3.05) is 20.6 Å². The van der Waals surface area contributed by atoms with Crippen molar-refractivity contribution >= 4 is 5.91 Å². The second-order valence-corrected chi connectivity index (χ2v) is 5.72. The Morgan fingerprint density at radius 2 is 2.25 bits per heavy atom. The van der Waals surface area contributed by atoms with Crippen molar-refractivity contribution < 1.29 is 4.79 Å². The normalized spacial score (nSPS) is 22.5. The molecule has 0 bridgehead atoms. The number of aryl methyl sites for hydroxylation is 1. The number of nitrogens with one attached hydrogen (secondary N) is 1. The molecule has 1 aliphatic heterocycles. The second kappa shape index (κ2) is 6.79. The molecule has 0 unspecified atom stereocenters. The van der Waals surface area contributed by atoms with Gasteiger partial charge in [-0.2, -0.15) is 0 Å². The molecule has 1 aromatic rings. The summed E-state index contributed by atoms with van der Waals surface area (Å²) in [5.74, 6) is 0.205. The molecule has 5 heteroatoms. The Balaban J connectivity index is 1.96. The van der Waals surface area contributed by atoms with Gasteiger partial charge in [-0.1, -0.05) is 0 Å². The Morgan fingerprint density at radius 1 is 1.40 bits per heavy atom. The van der Waals surface area contributed by atoms with Crippen molar-refractivity contribution in [1.29, 1.82) is 0 Å². The first kappa shape index (κ1) is 14.9. The SMILES string of the molecule is CN(C)C(=O)[C@@]1(CCCc2cnccn2)CCCCN1. The molecule has 1 aromatic heterocycles. The summed E-state index contributed by atoms with van der Waals surface area (Å²) in [6.07, 6.45) is 11.1. The maximum Gasteiger partial charge on any atom is 0.242 e. The maximum absolute atomic E-state index is 12.5. The molecule has 1 atom stereocenters. The lowest BCUT2D eigenvalue weighted by Crippen LogP contribution is -2.58. The molecule has 20 heavy (non-hydrogen) atoms. The first-order chi connectivity index (χ1) is 9.64. The number of carbonyl (C=O) groups excluding carboxylic acids is 1. The molecule has 1 fully saturated rings. The number of amides is 1. The molecule has 1 N–H and O–H groups in total. The van der Waals surface area contributed by atoms with Crippen LogP contribution < -0.4 is 5.32 Å². The molecule has 5 nitrogen and oxygen atoms in total. The van der Waals surface area contributed by atoms with Gasteiger partial charge in [0.2, 0.25) is 5.91 Å². The number of piperidine rings is 1. The summed E-state index contributed by atoms with van der Waals surface area (Å²) in [5, 5.41) is 3.47. The zero-order valence-corrected chi connectivity index (χ0v) is 12.4. The summed E-state index contributed by atoms with van der Waals surface area (Å²) in [4.78, 5) is 22.6. The van der Waals surface area contributed by atoms with Gasteiger partial charge in [-0.3, -0.25) is 14.8 Å². The van der Waals surface area contributed by atoms with Crippen LogP contribution in [0.3, 0.4) is 0 Å². The van der Waals surface area contributed by atoms with Crippen molar-refractivity contribution in [2.24, 2.45) is 0 Å². The molecule has 1 saturated heterocycles. The topological polar surface area (TPSA) is 58.1 Å². The van der Waals surface area contributed by atoms with Crippen molar-refractivity contribution in [3.05, 3.63) is 24.3 Å². The molecule has 0 aromatic carbocycles. The van der Waals surface area contributed by atoms with Gasteiger partial charge in [-0.05, 0) is 45.1 Å². The van der Waals surface area contributed by atoms with Crippen LogP contribution in [-0.2, 0) is 11.2 Å². The summed E-state index contributed by atoms with van der Waals surface area (Å²) in [6.45, 7) is 0.935. The van der Waals surface area contributed by atoms with Crippen LogP contribution in [0, 0.1) is 0 Å². The van der Waals surface area contributed by atoms with Gasteiger partial charge in [0.05, 0.1) is 11.2 Å². The monoisotopic (exact) mass is 276 g/mol. The minimum absolute atomic E-state index is 0.205. The Kier molecular flexibility index (Phi) is 5.06. The molecule has 1 aliphatic rings. The van der Waals surface area contributed by atoms with Gasteiger partial charge in [0, 0.05) is 32.7 Å². The zero-order chi connectivity index (χ0) is 14.4. The number of hydrogen-bond acceptors (Lipinski definition) is 4. The molecule has 2 rings (SSSR count). The van der Waals surface area contributed by atoms with Gasteiger partial charge < -0.3 is 10.2 Å². The van der Waals surface area contributed by atoms with E-state index in [9.17, 15) is 4.79 Å². The minimum atomic E-state index is -0.371. The molecular formula is C15H24N4O. The summed E-state index contributed by atoms with van der Waals surface area (Å²) >= 11 is 0. The van der Waals surface area contributed by atoms with E-state index >= 15 is 0 Å². The smallest absolute Gasteiger partial charge is 0.242 e. The average Bonchev–Trinajstić information content (AvgIpc) is 2.48. The summed E-state index contributed by atoms with van der Waals surface area (Å²) in [5.41, 5.74) is 0.625. The fourth-order valence-electron chi connectivity index (χ4n) is 2.93. The van der Waals surface area contributed by atoms with Gasteiger partial charge in [0.15, 0.2) is 0 Å². The lowest BCUT2D eigenvalue weighted by atomic mass is 9.83. The van der Waals surface area contributed by atoms with Crippen molar-refractivity contribution in [3.8, 4) is 0 Å². The third-order valence-electron chi connectivity index (χ3n) is 3.96. The number of nitrogens with zero attached hydrogens (tertiary/aromatic N) is 3. The van der Waals surface area contributed by atoms with E-state index in [0.29, 0.717) is 0 Å². The first-order valence-corrected chi connectivity index (χ1v) is 7.36. The fourth-order valence-corrected chi connectivity index (χ4v) is 2.93. The third kappa shape index (κ3) is 3.54. The maximum atomic E-state index is 12.5. The molecule has 0 aliphatic carbocycles. The minimum Gasteiger partial charge on any atom is -0.347 e.